The maximum atomic E-state index is 4.08. The molecule has 0 bridgehead atoms. The Hall–Kier alpha value is -1.64. The van der Waals surface area contributed by atoms with Gasteiger partial charge in [0.1, 0.15) is 0 Å². The van der Waals surface area contributed by atoms with E-state index >= 15 is 0 Å². The highest BCUT2D eigenvalue weighted by molar-refractivity contribution is 5.25. The first-order valence-corrected chi connectivity index (χ1v) is 5.73. The Morgan fingerprint density at radius 1 is 1.25 bits per heavy atom. The Labute approximate surface area is 95.9 Å². The molecule has 1 unspecified atom stereocenters. The molecule has 0 amide bonds. The van der Waals surface area contributed by atoms with Gasteiger partial charge in [0.15, 0.2) is 0 Å². The third-order valence-corrected chi connectivity index (χ3v) is 2.94. The van der Waals surface area contributed by atoms with Gasteiger partial charge < -0.3 is 0 Å². The van der Waals surface area contributed by atoms with E-state index in [2.05, 4.69) is 53.5 Å². The summed E-state index contributed by atoms with van der Waals surface area (Å²) in [6.45, 7) is 4.39. The summed E-state index contributed by atoms with van der Waals surface area (Å²) in [6.07, 6.45) is 3.82. The molecule has 3 heteroatoms. The molecular weight excluding hydrogens is 198 g/mol. The van der Waals surface area contributed by atoms with Crippen molar-refractivity contribution in [3.05, 3.63) is 47.3 Å². The number of nitrogens with zero attached hydrogens (tertiary/aromatic N) is 2. The van der Waals surface area contributed by atoms with Crippen LogP contribution in [0.1, 0.15) is 36.6 Å². The summed E-state index contributed by atoms with van der Waals surface area (Å²) in [5.41, 5.74) is 3.77. The number of H-pyrrole nitrogens is 1. The van der Waals surface area contributed by atoms with Crippen molar-refractivity contribution in [2.75, 3.05) is 0 Å². The quantitative estimate of drug-likeness (QED) is 0.852. The zero-order chi connectivity index (χ0) is 11.4. The zero-order valence-corrected chi connectivity index (χ0v) is 9.77. The van der Waals surface area contributed by atoms with Crippen molar-refractivity contribution in [2.45, 2.75) is 32.6 Å². The van der Waals surface area contributed by atoms with E-state index in [0.717, 1.165) is 18.5 Å². The van der Waals surface area contributed by atoms with E-state index in [1.54, 1.807) is 6.20 Å². The average Bonchev–Trinajstić information content (AvgIpc) is 2.82. The van der Waals surface area contributed by atoms with Crippen LogP contribution in [0.15, 0.2) is 30.5 Å². The van der Waals surface area contributed by atoms with E-state index in [0.29, 0.717) is 5.92 Å². The van der Waals surface area contributed by atoms with Crippen molar-refractivity contribution in [1.82, 2.24) is 15.4 Å². The summed E-state index contributed by atoms with van der Waals surface area (Å²) in [4.78, 5) is 0. The topological polar surface area (TPSA) is 41.6 Å². The predicted octanol–water partition coefficient (Wildman–Crippen LogP) is 2.71. The molecule has 0 radical (unpaired) electrons. The Kier molecular flexibility index (Phi) is 3.34. The standard InChI is InChI=1S/C13H17N3/c1-3-11-4-6-12(7-5-11)10(2)8-13-9-14-16-15-13/h4-7,9-10H,3,8H2,1-2H3,(H,14,15,16). The number of aromatic amines is 1. The molecule has 0 aliphatic rings. The molecule has 1 aromatic carbocycles. The highest BCUT2D eigenvalue weighted by atomic mass is 15.3. The Morgan fingerprint density at radius 2 is 2.00 bits per heavy atom. The fraction of sp³-hybridized carbons (Fsp3) is 0.385. The zero-order valence-electron chi connectivity index (χ0n) is 9.77. The van der Waals surface area contributed by atoms with E-state index < -0.39 is 0 Å². The molecule has 3 nitrogen and oxygen atoms in total. The molecule has 0 aliphatic carbocycles. The normalized spacial score (nSPS) is 12.6. The summed E-state index contributed by atoms with van der Waals surface area (Å²) in [6, 6.07) is 8.83. The SMILES string of the molecule is CCc1ccc(C(C)Cc2cn[nH]n2)cc1. The van der Waals surface area contributed by atoms with Gasteiger partial charge in [0, 0.05) is 0 Å². The van der Waals surface area contributed by atoms with Crippen LogP contribution < -0.4 is 0 Å². The van der Waals surface area contributed by atoms with Crippen molar-refractivity contribution in [1.29, 1.82) is 0 Å². The van der Waals surface area contributed by atoms with Crippen molar-refractivity contribution >= 4 is 0 Å². The van der Waals surface area contributed by atoms with E-state index in [4.69, 9.17) is 0 Å². The second kappa shape index (κ2) is 4.92. The molecule has 2 aromatic rings. The lowest BCUT2D eigenvalue weighted by Crippen LogP contribution is -1.99. The number of hydrogen-bond acceptors (Lipinski definition) is 2. The lowest BCUT2D eigenvalue weighted by Gasteiger charge is -2.10. The van der Waals surface area contributed by atoms with Crippen LogP contribution in [0.2, 0.25) is 0 Å². The first kappa shape index (κ1) is 10.9. The van der Waals surface area contributed by atoms with Gasteiger partial charge in [0.2, 0.25) is 0 Å². The molecule has 0 saturated heterocycles. The lowest BCUT2D eigenvalue weighted by atomic mass is 9.95. The Morgan fingerprint density at radius 3 is 2.56 bits per heavy atom. The summed E-state index contributed by atoms with van der Waals surface area (Å²) < 4.78 is 0. The van der Waals surface area contributed by atoms with Crippen molar-refractivity contribution in [3.8, 4) is 0 Å². The van der Waals surface area contributed by atoms with Gasteiger partial charge in [-0.05, 0) is 29.9 Å². The Balaban J connectivity index is 2.05. The molecule has 16 heavy (non-hydrogen) atoms. The van der Waals surface area contributed by atoms with Crippen molar-refractivity contribution in [3.63, 3.8) is 0 Å². The second-order valence-electron chi connectivity index (χ2n) is 4.16. The van der Waals surface area contributed by atoms with Crippen LogP contribution >= 0.6 is 0 Å². The number of benzene rings is 1. The fourth-order valence-electron chi connectivity index (χ4n) is 1.84. The molecule has 0 spiro atoms. The maximum Gasteiger partial charge on any atom is 0.0830 e. The molecule has 0 fully saturated rings. The van der Waals surface area contributed by atoms with Crippen LogP contribution in [0.25, 0.3) is 0 Å². The summed E-state index contributed by atoms with van der Waals surface area (Å²) in [7, 11) is 0. The minimum Gasteiger partial charge on any atom is -0.198 e. The van der Waals surface area contributed by atoms with Gasteiger partial charge in [0.25, 0.3) is 0 Å². The summed E-state index contributed by atoms with van der Waals surface area (Å²) >= 11 is 0. The number of aryl methyl sites for hydroxylation is 1. The molecule has 0 aliphatic heterocycles. The van der Waals surface area contributed by atoms with E-state index in [1.807, 2.05) is 0 Å². The lowest BCUT2D eigenvalue weighted by molar-refractivity contribution is 0.735. The predicted molar refractivity (Wildman–Crippen MR) is 64.3 cm³/mol. The van der Waals surface area contributed by atoms with Crippen LogP contribution in [0, 0.1) is 0 Å². The number of rotatable bonds is 4. The fourth-order valence-corrected chi connectivity index (χ4v) is 1.84. The van der Waals surface area contributed by atoms with Gasteiger partial charge in [-0.25, -0.2) is 0 Å². The first-order valence-electron chi connectivity index (χ1n) is 5.73. The van der Waals surface area contributed by atoms with E-state index in [-0.39, 0.29) is 0 Å². The molecule has 1 atom stereocenters. The number of nitrogens with one attached hydrogen (secondary N) is 1. The molecule has 0 saturated carbocycles. The average molecular weight is 215 g/mol. The minimum atomic E-state index is 0.482. The van der Waals surface area contributed by atoms with Crippen LogP contribution in [0.5, 0.6) is 0 Å². The monoisotopic (exact) mass is 215 g/mol. The van der Waals surface area contributed by atoms with Crippen LogP contribution in [0.3, 0.4) is 0 Å². The van der Waals surface area contributed by atoms with E-state index in [9.17, 15) is 0 Å². The molecule has 1 aromatic heterocycles. The molecule has 1 N–H and O–H groups in total. The summed E-state index contributed by atoms with van der Waals surface area (Å²) in [5, 5.41) is 10.5. The van der Waals surface area contributed by atoms with Gasteiger partial charge in [-0.2, -0.15) is 15.4 Å². The smallest absolute Gasteiger partial charge is 0.0830 e. The maximum absolute atomic E-state index is 4.08. The van der Waals surface area contributed by atoms with Gasteiger partial charge >= 0.3 is 0 Å². The molecule has 2 rings (SSSR count). The van der Waals surface area contributed by atoms with E-state index in [1.165, 1.54) is 11.1 Å². The van der Waals surface area contributed by atoms with Crippen molar-refractivity contribution in [2.24, 2.45) is 0 Å². The van der Waals surface area contributed by atoms with Gasteiger partial charge in [-0.15, -0.1) is 0 Å². The van der Waals surface area contributed by atoms with Gasteiger partial charge in [0.05, 0.1) is 11.9 Å². The van der Waals surface area contributed by atoms with Crippen LogP contribution in [-0.4, -0.2) is 15.4 Å². The number of aromatic nitrogens is 3. The van der Waals surface area contributed by atoms with Gasteiger partial charge in [-0.3, -0.25) is 0 Å². The van der Waals surface area contributed by atoms with Crippen molar-refractivity contribution < 1.29 is 0 Å². The Bertz CT molecular complexity index is 417. The minimum absolute atomic E-state index is 0.482. The number of hydrogen-bond donors (Lipinski definition) is 1. The highest BCUT2D eigenvalue weighted by Gasteiger charge is 2.08. The highest BCUT2D eigenvalue weighted by Crippen LogP contribution is 2.19. The summed E-state index contributed by atoms with van der Waals surface area (Å²) in [5.74, 6) is 0.482. The van der Waals surface area contributed by atoms with Crippen LogP contribution in [0.4, 0.5) is 0 Å². The second-order valence-corrected chi connectivity index (χ2v) is 4.16. The third-order valence-electron chi connectivity index (χ3n) is 2.94. The largest absolute Gasteiger partial charge is 0.198 e. The van der Waals surface area contributed by atoms with Crippen LogP contribution in [-0.2, 0) is 12.8 Å². The molecule has 1 heterocycles. The first-order chi connectivity index (χ1) is 7.79. The third kappa shape index (κ3) is 2.48. The molecular formula is C13H17N3. The van der Waals surface area contributed by atoms with Gasteiger partial charge in [-0.1, -0.05) is 38.1 Å². The molecule has 84 valence electrons.